The van der Waals surface area contributed by atoms with Gasteiger partial charge in [0.05, 0.1) is 0 Å². The minimum Gasteiger partial charge on any atom is -0.330 e. The first-order chi connectivity index (χ1) is 9.10. The van der Waals surface area contributed by atoms with Gasteiger partial charge in [-0.1, -0.05) is 6.92 Å². The molecule has 2 amide bonds. The predicted octanol–water partition coefficient (Wildman–Crippen LogP) is 2.27. The van der Waals surface area contributed by atoms with Crippen molar-refractivity contribution in [2.75, 3.05) is 25.0 Å². The zero-order chi connectivity index (χ0) is 13.8. The Morgan fingerprint density at radius 3 is 2.79 bits per heavy atom. The SMILES string of the molecule is CC1CCN(C(=O)Nc2ccc(F)cc2)CC1CN. The fourth-order valence-electron chi connectivity index (χ4n) is 2.38. The summed E-state index contributed by atoms with van der Waals surface area (Å²) in [4.78, 5) is 13.9. The van der Waals surface area contributed by atoms with Gasteiger partial charge in [-0.25, -0.2) is 9.18 Å². The van der Waals surface area contributed by atoms with E-state index in [1.807, 2.05) is 0 Å². The van der Waals surface area contributed by atoms with Crippen molar-refractivity contribution in [3.05, 3.63) is 30.1 Å². The maximum Gasteiger partial charge on any atom is 0.321 e. The van der Waals surface area contributed by atoms with Crippen molar-refractivity contribution in [2.24, 2.45) is 17.6 Å². The van der Waals surface area contributed by atoms with Crippen LogP contribution < -0.4 is 11.1 Å². The van der Waals surface area contributed by atoms with Crippen LogP contribution in [0.4, 0.5) is 14.9 Å². The Kier molecular flexibility index (Phi) is 4.37. The number of benzene rings is 1. The molecule has 0 aromatic heterocycles. The van der Waals surface area contributed by atoms with E-state index in [1.165, 1.54) is 12.1 Å². The lowest BCUT2D eigenvalue weighted by molar-refractivity contribution is 0.149. The first kappa shape index (κ1) is 13.8. The molecule has 0 saturated carbocycles. The molecule has 0 aliphatic carbocycles. The Labute approximate surface area is 112 Å². The van der Waals surface area contributed by atoms with E-state index in [2.05, 4.69) is 12.2 Å². The molecule has 1 aliphatic heterocycles. The molecule has 0 radical (unpaired) electrons. The molecule has 5 heteroatoms. The molecule has 3 N–H and O–H groups in total. The van der Waals surface area contributed by atoms with Crippen LogP contribution in [0.3, 0.4) is 0 Å². The number of hydrogen-bond acceptors (Lipinski definition) is 2. The van der Waals surface area contributed by atoms with Gasteiger partial charge in [0.25, 0.3) is 0 Å². The first-order valence-electron chi connectivity index (χ1n) is 6.61. The molecule has 104 valence electrons. The van der Waals surface area contributed by atoms with Gasteiger partial charge in [-0.15, -0.1) is 0 Å². The average Bonchev–Trinajstić information content (AvgIpc) is 2.42. The van der Waals surface area contributed by atoms with E-state index in [4.69, 9.17) is 5.73 Å². The van der Waals surface area contributed by atoms with Crippen LogP contribution in [0.25, 0.3) is 0 Å². The van der Waals surface area contributed by atoms with Gasteiger partial charge in [0.15, 0.2) is 0 Å². The van der Waals surface area contributed by atoms with E-state index >= 15 is 0 Å². The van der Waals surface area contributed by atoms with Crippen LogP contribution in [-0.4, -0.2) is 30.6 Å². The highest BCUT2D eigenvalue weighted by molar-refractivity contribution is 5.89. The lowest BCUT2D eigenvalue weighted by Crippen LogP contribution is -2.47. The van der Waals surface area contributed by atoms with E-state index in [0.717, 1.165) is 13.0 Å². The fraction of sp³-hybridized carbons (Fsp3) is 0.500. The number of nitrogens with one attached hydrogen (secondary N) is 1. The van der Waals surface area contributed by atoms with Crippen LogP contribution in [0.5, 0.6) is 0 Å². The maximum absolute atomic E-state index is 12.8. The molecule has 2 atom stereocenters. The molecular formula is C14H20FN3O. The average molecular weight is 265 g/mol. The molecule has 0 spiro atoms. The standard InChI is InChI=1S/C14H20FN3O/c1-10-6-7-18(9-11(10)8-16)14(19)17-13-4-2-12(15)3-5-13/h2-5,10-11H,6-9,16H2,1H3,(H,17,19). The minimum absolute atomic E-state index is 0.142. The number of nitrogens with zero attached hydrogens (tertiary/aromatic N) is 1. The summed E-state index contributed by atoms with van der Waals surface area (Å²) in [5.74, 6) is 0.598. The highest BCUT2D eigenvalue weighted by Gasteiger charge is 2.27. The largest absolute Gasteiger partial charge is 0.330 e. The molecule has 2 rings (SSSR count). The number of anilines is 1. The molecule has 1 fully saturated rings. The number of amides is 2. The van der Waals surface area contributed by atoms with Crippen LogP contribution in [0.2, 0.25) is 0 Å². The number of rotatable bonds is 2. The number of carbonyl (C=O) groups excluding carboxylic acids is 1. The van der Waals surface area contributed by atoms with Crippen LogP contribution in [-0.2, 0) is 0 Å². The Hall–Kier alpha value is -1.62. The van der Waals surface area contributed by atoms with Crippen molar-refractivity contribution >= 4 is 11.7 Å². The van der Waals surface area contributed by atoms with Crippen molar-refractivity contribution in [3.63, 3.8) is 0 Å². The Morgan fingerprint density at radius 2 is 2.16 bits per heavy atom. The number of urea groups is 1. The predicted molar refractivity (Wildman–Crippen MR) is 73.3 cm³/mol. The number of halogens is 1. The van der Waals surface area contributed by atoms with Crippen LogP contribution >= 0.6 is 0 Å². The van der Waals surface area contributed by atoms with Crippen molar-refractivity contribution in [2.45, 2.75) is 13.3 Å². The van der Waals surface area contributed by atoms with Gasteiger partial charge in [-0.05, 0) is 49.1 Å². The summed E-state index contributed by atoms with van der Waals surface area (Å²) in [6.45, 7) is 4.20. The Morgan fingerprint density at radius 1 is 1.47 bits per heavy atom. The summed E-state index contributed by atoms with van der Waals surface area (Å²) in [6, 6.07) is 5.63. The summed E-state index contributed by atoms with van der Waals surface area (Å²) in [5.41, 5.74) is 6.33. The van der Waals surface area contributed by atoms with Gasteiger partial charge in [0.2, 0.25) is 0 Å². The van der Waals surface area contributed by atoms with Gasteiger partial charge in [-0.2, -0.15) is 0 Å². The Bertz CT molecular complexity index is 435. The molecule has 0 bridgehead atoms. The second-order valence-corrected chi connectivity index (χ2v) is 5.14. The van der Waals surface area contributed by atoms with Gasteiger partial charge in [0, 0.05) is 18.8 Å². The quantitative estimate of drug-likeness (QED) is 0.862. The van der Waals surface area contributed by atoms with E-state index in [9.17, 15) is 9.18 Å². The lowest BCUT2D eigenvalue weighted by Gasteiger charge is -2.36. The van der Waals surface area contributed by atoms with E-state index < -0.39 is 0 Å². The van der Waals surface area contributed by atoms with Gasteiger partial charge >= 0.3 is 6.03 Å². The smallest absolute Gasteiger partial charge is 0.321 e. The third-order valence-electron chi connectivity index (χ3n) is 3.80. The minimum atomic E-state index is -0.312. The zero-order valence-corrected chi connectivity index (χ0v) is 11.1. The van der Waals surface area contributed by atoms with Gasteiger partial charge in [0.1, 0.15) is 5.82 Å². The van der Waals surface area contributed by atoms with E-state index in [-0.39, 0.29) is 11.8 Å². The molecule has 2 unspecified atom stereocenters. The van der Waals surface area contributed by atoms with Crippen LogP contribution in [0.1, 0.15) is 13.3 Å². The number of likely N-dealkylation sites (tertiary alicyclic amines) is 1. The molecule has 1 aromatic rings. The number of hydrogen-bond donors (Lipinski definition) is 2. The highest BCUT2D eigenvalue weighted by Crippen LogP contribution is 2.22. The van der Waals surface area contributed by atoms with E-state index in [1.54, 1.807) is 17.0 Å². The van der Waals surface area contributed by atoms with Crippen molar-refractivity contribution in [1.29, 1.82) is 0 Å². The number of piperidine rings is 1. The fourth-order valence-corrected chi connectivity index (χ4v) is 2.38. The monoisotopic (exact) mass is 265 g/mol. The van der Waals surface area contributed by atoms with Gasteiger partial charge < -0.3 is 16.0 Å². The summed E-state index contributed by atoms with van der Waals surface area (Å²) in [5, 5.41) is 2.78. The third-order valence-corrected chi connectivity index (χ3v) is 3.80. The molecular weight excluding hydrogens is 245 g/mol. The van der Waals surface area contributed by atoms with E-state index in [0.29, 0.717) is 30.6 Å². The highest BCUT2D eigenvalue weighted by atomic mass is 19.1. The summed E-state index contributed by atoms with van der Waals surface area (Å²) in [6.07, 6.45) is 0.971. The summed E-state index contributed by atoms with van der Waals surface area (Å²) < 4.78 is 12.8. The topological polar surface area (TPSA) is 58.4 Å². The normalized spacial score (nSPS) is 23.2. The third kappa shape index (κ3) is 3.44. The second-order valence-electron chi connectivity index (χ2n) is 5.14. The lowest BCUT2D eigenvalue weighted by atomic mass is 9.87. The van der Waals surface area contributed by atoms with Crippen molar-refractivity contribution in [1.82, 2.24) is 4.90 Å². The molecule has 19 heavy (non-hydrogen) atoms. The Balaban J connectivity index is 1.94. The summed E-state index contributed by atoms with van der Waals surface area (Å²) in [7, 11) is 0. The van der Waals surface area contributed by atoms with Crippen LogP contribution in [0, 0.1) is 17.7 Å². The maximum atomic E-state index is 12.8. The summed E-state index contributed by atoms with van der Waals surface area (Å²) >= 11 is 0. The zero-order valence-electron chi connectivity index (χ0n) is 11.1. The molecule has 4 nitrogen and oxygen atoms in total. The molecule has 1 aromatic carbocycles. The molecule has 1 saturated heterocycles. The van der Waals surface area contributed by atoms with Crippen molar-refractivity contribution < 1.29 is 9.18 Å². The molecule has 1 aliphatic rings. The second kappa shape index (κ2) is 6.02. The molecule has 1 heterocycles. The first-order valence-corrected chi connectivity index (χ1v) is 6.61. The van der Waals surface area contributed by atoms with Gasteiger partial charge in [-0.3, -0.25) is 0 Å². The van der Waals surface area contributed by atoms with Crippen molar-refractivity contribution in [3.8, 4) is 0 Å². The number of nitrogens with two attached hydrogens (primary N) is 1. The van der Waals surface area contributed by atoms with Crippen LogP contribution in [0.15, 0.2) is 24.3 Å². The number of carbonyl (C=O) groups is 1.